The number of nitrogens with zero attached hydrogens (tertiary/aromatic N) is 2. The highest BCUT2D eigenvalue weighted by Crippen LogP contribution is 2.25. The van der Waals surface area contributed by atoms with Crippen molar-refractivity contribution in [2.45, 2.75) is 13.8 Å². The SMILES string of the molecule is CC(=O)NNc1nc(C)c(C#N)c2ccccc12. The third kappa shape index (κ3) is 2.09. The van der Waals surface area contributed by atoms with E-state index < -0.39 is 0 Å². The molecule has 0 radical (unpaired) electrons. The molecule has 2 rings (SSSR count). The molecular formula is C13H12N4O. The monoisotopic (exact) mass is 240 g/mol. The van der Waals surface area contributed by atoms with E-state index in [9.17, 15) is 4.79 Å². The summed E-state index contributed by atoms with van der Waals surface area (Å²) in [5.41, 5.74) is 6.43. The van der Waals surface area contributed by atoms with Crippen LogP contribution < -0.4 is 10.9 Å². The molecule has 1 aromatic heterocycles. The molecule has 1 heterocycles. The number of hydrogen-bond donors (Lipinski definition) is 2. The zero-order chi connectivity index (χ0) is 13.1. The molecular weight excluding hydrogens is 228 g/mol. The van der Waals surface area contributed by atoms with Gasteiger partial charge in [-0.15, -0.1) is 0 Å². The smallest absolute Gasteiger partial charge is 0.235 e. The van der Waals surface area contributed by atoms with Gasteiger partial charge in [-0.2, -0.15) is 5.26 Å². The highest BCUT2D eigenvalue weighted by molar-refractivity contribution is 5.96. The summed E-state index contributed by atoms with van der Waals surface area (Å²) < 4.78 is 0. The Morgan fingerprint density at radius 1 is 1.33 bits per heavy atom. The molecule has 2 N–H and O–H groups in total. The number of pyridine rings is 1. The van der Waals surface area contributed by atoms with Crippen LogP contribution in [0.1, 0.15) is 18.2 Å². The maximum atomic E-state index is 10.9. The number of carbonyl (C=O) groups is 1. The third-order valence-electron chi connectivity index (χ3n) is 2.56. The number of amides is 1. The van der Waals surface area contributed by atoms with Gasteiger partial charge in [-0.25, -0.2) is 4.98 Å². The molecule has 18 heavy (non-hydrogen) atoms. The van der Waals surface area contributed by atoms with Crippen LogP contribution in [0.5, 0.6) is 0 Å². The Bertz CT molecular complexity index is 658. The minimum atomic E-state index is -0.206. The summed E-state index contributed by atoms with van der Waals surface area (Å²) in [6, 6.07) is 9.60. The number of hydrazine groups is 1. The van der Waals surface area contributed by atoms with E-state index in [1.54, 1.807) is 6.92 Å². The zero-order valence-corrected chi connectivity index (χ0v) is 10.1. The normalized spacial score (nSPS) is 9.83. The lowest BCUT2D eigenvalue weighted by Crippen LogP contribution is -2.27. The van der Waals surface area contributed by atoms with E-state index >= 15 is 0 Å². The maximum Gasteiger partial charge on any atom is 0.235 e. The van der Waals surface area contributed by atoms with E-state index in [4.69, 9.17) is 5.26 Å². The number of benzene rings is 1. The second-order valence-electron chi connectivity index (χ2n) is 3.88. The summed E-state index contributed by atoms with van der Waals surface area (Å²) in [4.78, 5) is 15.2. The summed E-state index contributed by atoms with van der Waals surface area (Å²) in [5, 5.41) is 10.8. The van der Waals surface area contributed by atoms with Crippen LogP contribution in [0, 0.1) is 18.3 Å². The average molecular weight is 240 g/mol. The largest absolute Gasteiger partial charge is 0.281 e. The van der Waals surface area contributed by atoms with E-state index in [0.29, 0.717) is 17.1 Å². The van der Waals surface area contributed by atoms with Crippen molar-refractivity contribution in [1.82, 2.24) is 10.4 Å². The Balaban J connectivity index is 2.61. The standard InChI is InChI=1S/C13H12N4O/c1-8-12(7-14)10-5-3-4-6-11(10)13(15-8)17-16-9(2)18/h3-6H,1-2H3,(H,15,17)(H,16,18). The number of nitriles is 1. The van der Waals surface area contributed by atoms with Crippen LogP contribution in [-0.4, -0.2) is 10.9 Å². The van der Waals surface area contributed by atoms with Crippen LogP contribution in [0.15, 0.2) is 24.3 Å². The lowest BCUT2D eigenvalue weighted by atomic mass is 10.1. The van der Waals surface area contributed by atoms with Crippen molar-refractivity contribution in [2.24, 2.45) is 0 Å². The van der Waals surface area contributed by atoms with Gasteiger partial charge >= 0.3 is 0 Å². The van der Waals surface area contributed by atoms with Gasteiger partial charge in [-0.3, -0.25) is 15.6 Å². The van der Waals surface area contributed by atoms with Gasteiger partial charge in [0.1, 0.15) is 6.07 Å². The van der Waals surface area contributed by atoms with Gasteiger partial charge in [0.2, 0.25) is 5.91 Å². The molecule has 0 aliphatic rings. The lowest BCUT2D eigenvalue weighted by molar-refractivity contribution is -0.118. The van der Waals surface area contributed by atoms with E-state index in [0.717, 1.165) is 10.8 Å². The quantitative estimate of drug-likeness (QED) is 0.785. The molecule has 5 heteroatoms. The fourth-order valence-electron chi connectivity index (χ4n) is 1.77. The summed E-state index contributed by atoms with van der Waals surface area (Å²) in [6.07, 6.45) is 0. The second kappa shape index (κ2) is 4.72. The first-order valence-electron chi connectivity index (χ1n) is 5.45. The predicted octanol–water partition coefficient (Wildman–Crippen LogP) is 1.88. The van der Waals surface area contributed by atoms with Crippen LogP contribution in [0.25, 0.3) is 10.8 Å². The minimum absolute atomic E-state index is 0.206. The van der Waals surface area contributed by atoms with Crippen molar-refractivity contribution in [1.29, 1.82) is 5.26 Å². The Morgan fingerprint density at radius 3 is 2.61 bits per heavy atom. The van der Waals surface area contributed by atoms with Gasteiger partial charge in [0.05, 0.1) is 11.3 Å². The van der Waals surface area contributed by atoms with E-state index in [1.807, 2.05) is 24.3 Å². The molecule has 90 valence electrons. The van der Waals surface area contributed by atoms with Gasteiger partial charge < -0.3 is 0 Å². The highest BCUT2D eigenvalue weighted by Gasteiger charge is 2.10. The number of hydrogen-bond acceptors (Lipinski definition) is 4. The highest BCUT2D eigenvalue weighted by atomic mass is 16.2. The van der Waals surface area contributed by atoms with Crippen molar-refractivity contribution in [3.63, 3.8) is 0 Å². The van der Waals surface area contributed by atoms with Crippen LogP contribution in [0.4, 0.5) is 5.82 Å². The molecule has 0 bridgehead atoms. The molecule has 0 spiro atoms. The molecule has 0 saturated carbocycles. The fraction of sp³-hybridized carbons (Fsp3) is 0.154. The molecule has 1 aromatic carbocycles. The zero-order valence-electron chi connectivity index (χ0n) is 10.1. The van der Waals surface area contributed by atoms with Crippen molar-refractivity contribution in [3.8, 4) is 6.07 Å². The van der Waals surface area contributed by atoms with Crippen LogP contribution in [-0.2, 0) is 4.79 Å². The van der Waals surface area contributed by atoms with Crippen molar-refractivity contribution >= 4 is 22.5 Å². The number of nitrogens with one attached hydrogen (secondary N) is 2. The molecule has 0 atom stereocenters. The maximum absolute atomic E-state index is 10.9. The van der Waals surface area contributed by atoms with Gasteiger partial charge in [0.15, 0.2) is 5.82 Å². The Kier molecular flexibility index (Phi) is 3.11. The fourth-order valence-corrected chi connectivity index (χ4v) is 1.77. The second-order valence-corrected chi connectivity index (χ2v) is 3.88. The number of rotatable bonds is 2. The van der Waals surface area contributed by atoms with Crippen molar-refractivity contribution < 1.29 is 4.79 Å². The van der Waals surface area contributed by atoms with Gasteiger partial charge in [-0.1, -0.05) is 24.3 Å². The summed E-state index contributed by atoms with van der Waals surface area (Å²) in [7, 11) is 0. The summed E-state index contributed by atoms with van der Waals surface area (Å²) >= 11 is 0. The number of fused-ring (bicyclic) bond motifs is 1. The molecule has 5 nitrogen and oxygen atoms in total. The first-order chi connectivity index (χ1) is 8.63. The Hall–Kier alpha value is -2.61. The van der Waals surface area contributed by atoms with E-state index in [-0.39, 0.29) is 5.91 Å². The number of aromatic nitrogens is 1. The molecule has 0 aliphatic heterocycles. The first-order valence-corrected chi connectivity index (χ1v) is 5.45. The minimum Gasteiger partial charge on any atom is -0.281 e. The van der Waals surface area contributed by atoms with Gasteiger partial charge in [0, 0.05) is 17.7 Å². The number of carbonyl (C=O) groups excluding carboxylic acids is 1. The average Bonchev–Trinajstić information content (AvgIpc) is 2.36. The van der Waals surface area contributed by atoms with Crippen LogP contribution >= 0.6 is 0 Å². The third-order valence-corrected chi connectivity index (χ3v) is 2.56. The van der Waals surface area contributed by atoms with Crippen molar-refractivity contribution in [3.05, 3.63) is 35.5 Å². The molecule has 0 unspecified atom stereocenters. The summed E-state index contributed by atoms with van der Waals surface area (Å²) in [6.45, 7) is 3.18. The summed E-state index contributed by atoms with van der Waals surface area (Å²) in [5.74, 6) is 0.334. The van der Waals surface area contributed by atoms with Gasteiger partial charge in [0.25, 0.3) is 0 Å². The topological polar surface area (TPSA) is 77.8 Å². The van der Waals surface area contributed by atoms with Gasteiger partial charge in [-0.05, 0) is 6.92 Å². The number of aryl methyl sites for hydroxylation is 1. The lowest BCUT2D eigenvalue weighted by Gasteiger charge is -2.11. The Morgan fingerprint density at radius 2 is 2.00 bits per heavy atom. The number of anilines is 1. The van der Waals surface area contributed by atoms with E-state index in [1.165, 1.54) is 6.92 Å². The molecule has 2 aromatic rings. The molecule has 0 aliphatic carbocycles. The first kappa shape index (κ1) is 11.9. The van der Waals surface area contributed by atoms with Crippen LogP contribution in [0.3, 0.4) is 0 Å². The molecule has 1 amide bonds. The molecule has 0 saturated heterocycles. The van der Waals surface area contributed by atoms with Crippen molar-refractivity contribution in [2.75, 3.05) is 5.43 Å². The molecule has 0 fully saturated rings. The van der Waals surface area contributed by atoms with Crippen LogP contribution in [0.2, 0.25) is 0 Å². The predicted molar refractivity (Wildman–Crippen MR) is 68.6 cm³/mol. The van der Waals surface area contributed by atoms with E-state index in [2.05, 4.69) is 21.9 Å². The Labute approximate surface area is 104 Å².